The van der Waals surface area contributed by atoms with Crippen molar-refractivity contribution >= 4 is 21.9 Å². The molecule has 0 spiro atoms. The van der Waals surface area contributed by atoms with Gasteiger partial charge in [0.1, 0.15) is 11.5 Å². The number of aromatic nitrogens is 5. The molecule has 7 aromatic rings. The maximum absolute atomic E-state index is 14.0. The molecule has 0 unspecified atom stereocenters. The lowest BCUT2D eigenvalue weighted by molar-refractivity contribution is 0.628. The van der Waals surface area contributed by atoms with Crippen LogP contribution in [0.5, 0.6) is 0 Å². The highest BCUT2D eigenvalue weighted by molar-refractivity contribution is 6.01. The van der Waals surface area contributed by atoms with E-state index in [0.717, 1.165) is 62.0 Å². The second kappa shape index (κ2) is 10.2. The van der Waals surface area contributed by atoms with Gasteiger partial charge in [-0.2, -0.15) is 5.10 Å². The summed E-state index contributed by atoms with van der Waals surface area (Å²) in [4.78, 5) is 12.6. The molecule has 3 N–H and O–H groups in total. The summed E-state index contributed by atoms with van der Waals surface area (Å²) in [5.74, 6) is -0.257. The third kappa shape index (κ3) is 4.63. The van der Waals surface area contributed by atoms with Crippen LogP contribution in [0.2, 0.25) is 0 Å². The van der Waals surface area contributed by atoms with Crippen LogP contribution >= 0.6 is 0 Å². The third-order valence-corrected chi connectivity index (χ3v) is 7.10. The maximum atomic E-state index is 14.0. The number of aromatic amines is 2. The number of nitrogens with one attached hydrogen (secondary N) is 3. The molecule has 6 nitrogen and oxygen atoms in total. The van der Waals surface area contributed by atoms with Gasteiger partial charge >= 0.3 is 0 Å². The Hall–Kier alpha value is -5.14. The molecule has 0 bridgehead atoms. The molecule has 0 radical (unpaired) electrons. The highest BCUT2D eigenvalue weighted by Crippen LogP contribution is 2.35. The molecule has 0 fully saturated rings. The quantitative estimate of drug-likeness (QED) is 0.205. The van der Waals surface area contributed by atoms with Crippen LogP contribution in [-0.2, 0) is 13.1 Å². The Kier molecular flexibility index (Phi) is 6.11. The summed E-state index contributed by atoms with van der Waals surface area (Å²) in [7, 11) is 0. The molecule has 0 amide bonds. The van der Waals surface area contributed by atoms with Gasteiger partial charge in [-0.3, -0.25) is 10.1 Å². The molecule has 0 saturated heterocycles. The van der Waals surface area contributed by atoms with Crippen LogP contribution in [0.4, 0.5) is 4.39 Å². The van der Waals surface area contributed by atoms with E-state index in [2.05, 4.69) is 60.8 Å². The Balaban J connectivity index is 1.20. The highest BCUT2D eigenvalue weighted by atomic mass is 19.1. The zero-order chi connectivity index (χ0) is 26.9. The van der Waals surface area contributed by atoms with Gasteiger partial charge in [0.15, 0.2) is 5.65 Å². The van der Waals surface area contributed by atoms with E-state index in [0.29, 0.717) is 12.2 Å². The van der Waals surface area contributed by atoms with Crippen molar-refractivity contribution in [1.82, 2.24) is 30.5 Å². The van der Waals surface area contributed by atoms with Crippen molar-refractivity contribution in [2.75, 3.05) is 0 Å². The van der Waals surface area contributed by atoms with Crippen LogP contribution in [0.25, 0.3) is 55.6 Å². The molecule has 7 heteroatoms. The summed E-state index contributed by atoms with van der Waals surface area (Å²) < 4.78 is 14.0. The van der Waals surface area contributed by atoms with Gasteiger partial charge in [-0.1, -0.05) is 54.6 Å². The van der Waals surface area contributed by atoms with Crippen molar-refractivity contribution in [2.45, 2.75) is 13.1 Å². The number of H-pyrrole nitrogens is 2. The molecule has 40 heavy (non-hydrogen) atoms. The van der Waals surface area contributed by atoms with E-state index in [1.54, 1.807) is 12.1 Å². The molecule has 4 aromatic heterocycles. The molecule has 7 rings (SSSR count). The van der Waals surface area contributed by atoms with E-state index in [4.69, 9.17) is 0 Å². The van der Waals surface area contributed by atoms with Crippen molar-refractivity contribution in [1.29, 1.82) is 0 Å². The minimum absolute atomic E-state index is 0.257. The maximum Gasteiger partial charge on any atom is 0.155 e. The average molecular weight is 525 g/mol. The molecule has 194 valence electrons. The van der Waals surface area contributed by atoms with Crippen LogP contribution in [0, 0.1) is 5.82 Å². The Morgan fingerprint density at radius 1 is 0.700 bits per heavy atom. The zero-order valence-electron chi connectivity index (χ0n) is 21.5. The first-order valence-corrected chi connectivity index (χ1v) is 13.1. The first-order valence-electron chi connectivity index (χ1n) is 13.1. The third-order valence-electron chi connectivity index (χ3n) is 7.10. The van der Waals surface area contributed by atoms with Gasteiger partial charge in [0.05, 0.1) is 5.69 Å². The standard InChI is InChI=1S/C33H25FN6/c34-26-9-4-8-23(13-26)27-10-5-11-30-28(27)15-31(38-30)32-29-14-25(20-37-33(29)40-39-32)24-12-22(18-36-19-24)17-35-16-21-6-2-1-3-7-21/h1-15,18-20,35,38H,16-17H2,(H,37,39,40). The van der Waals surface area contributed by atoms with Gasteiger partial charge in [-0.05, 0) is 58.7 Å². The number of hydrogen-bond acceptors (Lipinski definition) is 4. The number of nitrogens with zero attached hydrogens (tertiary/aromatic N) is 3. The summed E-state index contributed by atoms with van der Waals surface area (Å²) in [5, 5.41) is 13.1. The Labute approximate surface area is 230 Å². The minimum atomic E-state index is -0.257. The van der Waals surface area contributed by atoms with Gasteiger partial charge in [0.25, 0.3) is 0 Å². The number of halogens is 1. The predicted octanol–water partition coefficient (Wildman–Crippen LogP) is 7.26. The van der Waals surface area contributed by atoms with Crippen LogP contribution in [0.15, 0.2) is 110 Å². The molecule has 0 aliphatic carbocycles. The Morgan fingerprint density at radius 2 is 1.55 bits per heavy atom. The fraction of sp³-hybridized carbons (Fsp3) is 0.0606. The van der Waals surface area contributed by atoms with E-state index in [1.165, 1.54) is 11.6 Å². The fourth-order valence-corrected chi connectivity index (χ4v) is 5.15. The van der Waals surface area contributed by atoms with Gasteiger partial charge in [0.2, 0.25) is 0 Å². The van der Waals surface area contributed by atoms with Gasteiger partial charge in [0, 0.05) is 59.1 Å². The van der Waals surface area contributed by atoms with Crippen molar-refractivity contribution in [2.24, 2.45) is 0 Å². The monoisotopic (exact) mass is 524 g/mol. The summed E-state index contributed by atoms with van der Waals surface area (Å²) in [6.45, 7) is 1.51. The normalized spacial score (nSPS) is 11.4. The minimum Gasteiger partial charge on any atom is -0.353 e. The summed E-state index contributed by atoms with van der Waals surface area (Å²) in [5.41, 5.74) is 9.39. The van der Waals surface area contributed by atoms with Gasteiger partial charge < -0.3 is 10.3 Å². The van der Waals surface area contributed by atoms with Crippen molar-refractivity contribution < 1.29 is 4.39 Å². The molecule has 4 heterocycles. The van der Waals surface area contributed by atoms with Gasteiger partial charge in [-0.25, -0.2) is 9.37 Å². The fourth-order valence-electron chi connectivity index (χ4n) is 5.15. The molecule has 3 aromatic carbocycles. The molecule has 0 aliphatic heterocycles. The van der Waals surface area contributed by atoms with Crippen LogP contribution in [-0.4, -0.2) is 25.1 Å². The Morgan fingerprint density at radius 3 is 2.45 bits per heavy atom. The summed E-state index contributed by atoms with van der Waals surface area (Å²) in [6.07, 6.45) is 5.59. The number of benzene rings is 3. The van der Waals surface area contributed by atoms with E-state index in [-0.39, 0.29) is 5.82 Å². The number of pyridine rings is 2. The van der Waals surface area contributed by atoms with E-state index < -0.39 is 0 Å². The lowest BCUT2D eigenvalue weighted by Gasteiger charge is -2.07. The van der Waals surface area contributed by atoms with E-state index in [9.17, 15) is 4.39 Å². The molecule has 0 aliphatic rings. The topological polar surface area (TPSA) is 82.3 Å². The molecule has 0 atom stereocenters. The van der Waals surface area contributed by atoms with Crippen molar-refractivity contribution in [3.63, 3.8) is 0 Å². The lowest BCUT2D eigenvalue weighted by atomic mass is 10.0. The van der Waals surface area contributed by atoms with Crippen LogP contribution in [0.3, 0.4) is 0 Å². The predicted molar refractivity (Wildman–Crippen MR) is 157 cm³/mol. The smallest absolute Gasteiger partial charge is 0.155 e. The lowest BCUT2D eigenvalue weighted by Crippen LogP contribution is -2.12. The first kappa shape index (κ1) is 23.9. The molecular formula is C33H25FN6. The van der Waals surface area contributed by atoms with Crippen molar-refractivity contribution in [3.05, 3.63) is 127 Å². The zero-order valence-corrected chi connectivity index (χ0v) is 21.5. The highest BCUT2D eigenvalue weighted by Gasteiger charge is 2.15. The average Bonchev–Trinajstić information content (AvgIpc) is 3.62. The summed E-state index contributed by atoms with van der Waals surface area (Å²) >= 11 is 0. The van der Waals surface area contributed by atoms with E-state index >= 15 is 0 Å². The summed E-state index contributed by atoms with van der Waals surface area (Å²) in [6, 6.07) is 29.3. The van der Waals surface area contributed by atoms with Crippen LogP contribution < -0.4 is 5.32 Å². The number of hydrogen-bond donors (Lipinski definition) is 3. The SMILES string of the molecule is Fc1cccc(-c2cccc3[nH]c(-c4n[nH]c5ncc(-c6cncc(CNCc7ccccc7)c6)cc45)cc23)c1. The largest absolute Gasteiger partial charge is 0.353 e. The molecule has 0 saturated carbocycles. The second-order valence-electron chi connectivity index (χ2n) is 9.82. The molecular weight excluding hydrogens is 499 g/mol. The Bertz CT molecular complexity index is 1960. The number of rotatable bonds is 7. The van der Waals surface area contributed by atoms with Gasteiger partial charge in [-0.15, -0.1) is 0 Å². The van der Waals surface area contributed by atoms with Crippen molar-refractivity contribution in [3.8, 4) is 33.6 Å². The number of fused-ring (bicyclic) bond motifs is 2. The van der Waals surface area contributed by atoms with Crippen LogP contribution in [0.1, 0.15) is 11.1 Å². The second-order valence-corrected chi connectivity index (χ2v) is 9.82. The van der Waals surface area contributed by atoms with E-state index in [1.807, 2.05) is 61.1 Å². The first-order chi connectivity index (χ1) is 19.7.